The van der Waals surface area contributed by atoms with E-state index in [1.165, 1.54) is 19.2 Å². The molecule has 0 fully saturated rings. The molecule has 0 radical (unpaired) electrons. The van der Waals surface area contributed by atoms with Gasteiger partial charge in [0.15, 0.2) is 29.0 Å². The molecule has 3 nitrogen and oxygen atoms in total. The Morgan fingerprint density at radius 1 is 1.00 bits per heavy atom. The second kappa shape index (κ2) is 5.13. The van der Waals surface area contributed by atoms with Crippen LogP contribution in [0.4, 0.5) is 29.1 Å². The Bertz CT molecular complexity index is 619. The summed E-state index contributed by atoms with van der Waals surface area (Å²) in [6, 6.07) is 3.96. The molecule has 7 heteroatoms. The van der Waals surface area contributed by atoms with Gasteiger partial charge in [0.1, 0.15) is 0 Å². The monoisotopic (exact) mass is 272 g/mol. The molecule has 2 rings (SSSR count). The van der Waals surface area contributed by atoms with E-state index in [0.717, 1.165) is 6.07 Å². The maximum atomic E-state index is 13.3. The molecule has 19 heavy (non-hydrogen) atoms. The van der Waals surface area contributed by atoms with Crippen molar-refractivity contribution in [3.05, 3.63) is 47.7 Å². The summed E-state index contributed by atoms with van der Waals surface area (Å²) >= 11 is 0. The highest BCUT2D eigenvalue weighted by Crippen LogP contribution is 2.25. The van der Waals surface area contributed by atoms with E-state index in [1.807, 2.05) is 0 Å². The quantitative estimate of drug-likeness (QED) is 0.687. The maximum Gasteiger partial charge on any atom is 0.251 e. The molecule has 0 aliphatic heterocycles. The van der Waals surface area contributed by atoms with Crippen molar-refractivity contribution in [2.24, 2.45) is 0 Å². The number of hydrogen-bond acceptors (Lipinski definition) is 3. The highest BCUT2D eigenvalue weighted by Gasteiger charge is 2.12. The first-order valence-electron chi connectivity index (χ1n) is 5.13. The van der Waals surface area contributed by atoms with Gasteiger partial charge in [0.05, 0.1) is 7.11 Å². The predicted molar refractivity (Wildman–Crippen MR) is 60.3 cm³/mol. The van der Waals surface area contributed by atoms with E-state index >= 15 is 0 Å². The Hall–Kier alpha value is -2.31. The molecule has 0 saturated heterocycles. The second-order valence-electron chi connectivity index (χ2n) is 3.57. The zero-order valence-corrected chi connectivity index (χ0v) is 9.68. The lowest BCUT2D eigenvalue weighted by molar-refractivity contribution is 0.387. The van der Waals surface area contributed by atoms with Crippen LogP contribution in [0.2, 0.25) is 0 Å². The normalized spacial score (nSPS) is 10.4. The fourth-order valence-electron chi connectivity index (χ4n) is 1.41. The number of rotatable bonds is 3. The standard InChI is InChI=1S/C12H8F4N2O/c1-19-10-4-6(2-3-7(10)13)17-12-9(15)5-8(14)11(16)18-12/h2-5H,1H3,(H,17,18). The van der Waals surface area contributed by atoms with Gasteiger partial charge in [-0.05, 0) is 12.1 Å². The minimum absolute atomic E-state index is 0.0759. The Morgan fingerprint density at radius 2 is 1.74 bits per heavy atom. The number of ether oxygens (including phenoxy) is 1. The van der Waals surface area contributed by atoms with Gasteiger partial charge < -0.3 is 10.1 Å². The summed E-state index contributed by atoms with van der Waals surface area (Å²) in [6.07, 6.45) is 0. The van der Waals surface area contributed by atoms with E-state index in [9.17, 15) is 17.6 Å². The molecule has 0 aliphatic rings. The molecule has 0 unspecified atom stereocenters. The summed E-state index contributed by atoms with van der Waals surface area (Å²) in [5.74, 6) is -5.08. The van der Waals surface area contributed by atoms with Crippen molar-refractivity contribution in [2.75, 3.05) is 12.4 Å². The summed E-state index contributed by atoms with van der Waals surface area (Å²) in [5.41, 5.74) is 0.218. The van der Waals surface area contributed by atoms with Crippen LogP contribution in [-0.4, -0.2) is 12.1 Å². The van der Waals surface area contributed by atoms with Crippen molar-refractivity contribution in [3.63, 3.8) is 0 Å². The van der Waals surface area contributed by atoms with Crippen LogP contribution in [0.1, 0.15) is 0 Å². The first-order chi connectivity index (χ1) is 9.01. The summed E-state index contributed by atoms with van der Waals surface area (Å²) < 4.78 is 56.8. The van der Waals surface area contributed by atoms with Gasteiger partial charge >= 0.3 is 0 Å². The summed E-state index contributed by atoms with van der Waals surface area (Å²) in [6.45, 7) is 0. The number of nitrogens with zero attached hydrogens (tertiary/aromatic N) is 1. The van der Waals surface area contributed by atoms with Crippen LogP contribution >= 0.6 is 0 Å². The minimum atomic E-state index is -1.43. The molecule has 1 aromatic heterocycles. The summed E-state index contributed by atoms with van der Waals surface area (Å²) in [7, 11) is 1.26. The molecule has 1 aromatic carbocycles. The molecule has 0 aliphatic carbocycles. The Kier molecular flexibility index (Phi) is 3.55. The number of hydrogen-bond donors (Lipinski definition) is 1. The average Bonchev–Trinajstić information content (AvgIpc) is 2.38. The number of halogens is 4. The molecule has 0 bridgehead atoms. The zero-order valence-electron chi connectivity index (χ0n) is 9.68. The van der Waals surface area contributed by atoms with Gasteiger partial charge in [-0.15, -0.1) is 0 Å². The average molecular weight is 272 g/mol. The van der Waals surface area contributed by atoms with E-state index in [4.69, 9.17) is 4.74 Å². The molecular formula is C12H8F4N2O. The minimum Gasteiger partial charge on any atom is -0.494 e. The molecule has 0 amide bonds. The fourth-order valence-corrected chi connectivity index (χ4v) is 1.41. The smallest absolute Gasteiger partial charge is 0.251 e. The van der Waals surface area contributed by atoms with Gasteiger partial charge in [-0.25, -0.2) is 13.2 Å². The number of aromatic nitrogens is 1. The second-order valence-corrected chi connectivity index (χ2v) is 3.57. The van der Waals surface area contributed by atoms with Crippen LogP contribution < -0.4 is 10.1 Å². The molecule has 0 saturated carbocycles. The third-order valence-electron chi connectivity index (χ3n) is 2.30. The summed E-state index contributed by atoms with van der Waals surface area (Å²) in [4.78, 5) is 3.08. The highest BCUT2D eigenvalue weighted by molar-refractivity contribution is 5.58. The fraction of sp³-hybridized carbons (Fsp3) is 0.0833. The third kappa shape index (κ3) is 2.75. The predicted octanol–water partition coefficient (Wildman–Crippen LogP) is 3.39. The lowest BCUT2D eigenvalue weighted by Gasteiger charge is -2.09. The number of nitrogens with one attached hydrogen (secondary N) is 1. The maximum absolute atomic E-state index is 13.3. The van der Waals surface area contributed by atoms with Crippen LogP contribution in [0.25, 0.3) is 0 Å². The lowest BCUT2D eigenvalue weighted by atomic mass is 10.3. The van der Waals surface area contributed by atoms with E-state index in [0.29, 0.717) is 6.07 Å². The number of pyridine rings is 1. The van der Waals surface area contributed by atoms with Crippen LogP contribution in [0, 0.1) is 23.4 Å². The van der Waals surface area contributed by atoms with Gasteiger partial charge in [0, 0.05) is 17.8 Å². The van der Waals surface area contributed by atoms with Gasteiger partial charge in [-0.3, -0.25) is 0 Å². The van der Waals surface area contributed by atoms with Crippen molar-refractivity contribution in [1.82, 2.24) is 4.98 Å². The van der Waals surface area contributed by atoms with Crippen LogP contribution in [0.15, 0.2) is 24.3 Å². The van der Waals surface area contributed by atoms with Crippen molar-refractivity contribution >= 4 is 11.5 Å². The first-order valence-corrected chi connectivity index (χ1v) is 5.13. The van der Waals surface area contributed by atoms with Crippen molar-refractivity contribution in [3.8, 4) is 5.75 Å². The van der Waals surface area contributed by atoms with Gasteiger partial charge in [-0.1, -0.05) is 0 Å². The Labute approximate surface area is 105 Å². The molecule has 100 valence electrons. The van der Waals surface area contributed by atoms with Gasteiger partial charge in [-0.2, -0.15) is 9.37 Å². The van der Waals surface area contributed by atoms with Crippen LogP contribution in [0.3, 0.4) is 0 Å². The molecular weight excluding hydrogens is 264 g/mol. The van der Waals surface area contributed by atoms with Crippen LogP contribution in [0.5, 0.6) is 5.75 Å². The Morgan fingerprint density at radius 3 is 2.42 bits per heavy atom. The largest absolute Gasteiger partial charge is 0.494 e. The van der Waals surface area contributed by atoms with Crippen molar-refractivity contribution in [2.45, 2.75) is 0 Å². The van der Waals surface area contributed by atoms with E-state index < -0.39 is 29.2 Å². The van der Waals surface area contributed by atoms with Crippen LogP contribution in [-0.2, 0) is 0 Å². The highest BCUT2D eigenvalue weighted by atomic mass is 19.2. The lowest BCUT2D eigenvalue weighted by Crippen LogP contribution is -2.02. The molecule has 1 N–H and O–H groups in total. The van der Waals surface area contributed by atoms with Crippen molar-refractivity contribution in [1.29, 1.82) is 0 Å². The first kappa shape index (κ1) is 13.1. The van der Waals surface area contributed by atoms with Gasteiger partial charge in [0.2, 0.25) is 0 Å². The number of benzene rings is 1. The third-order valence-corrected chi connectivity index (χ3v) is 2.30. The SMILES string of the molecule is COc1cc(Nc2nc(F)c(F)cc2F)ccc1F. The molecule has 1 heterocycles. The number of anilines is 2. The van der Waals surface area contributed by atoms with Gasteiger partial charge in [0.25, 0.3) is 5.95 Å². The van der Waals surface area contributed by atoms with E-state index in [2.05, 4.69) is 10.3 Å². The molecule has 2 aromatic rings. The zero-order chi connectivity index (χ0) is 14.0. The van der Waals surface area contributed by atoms with E-state index in [1.54, 1.807) is 0 Å². The van der Waals surface area contributed by atoms with Crippen molar-refractivity contribution < 1.29 is 22.3 Å². The topological polar surface area (TPSA) is 34.1 Å². The molecule has 0 atom stereocenters. The van der Waals surface area contributed by atoms with E-state index in [-0.39, 0.29) is 11.4 Å². The molecule has 0 spiro atoms. The number of methoxy groups -OCH3 is 1. The Balaban J connectivity index is 2.33. The summed E-state index contributed by atoms with van der Waals surface area (Å²) in [5, 5.41) is 2.40.